The van der Waals surface area contributed by atoms with Crippen LogP contribution in [-0.4, -0.2) is 67.4 Å². The Balaban J connectivity index is 2.05. The van der Waals surface area contributed by atoms with Gasteiger partial charge in [0.15, 0.2) is 0 Å². The third kappa shape index (κ3) is 2.66. The number of anilines is 2. The van der Waals surface area contributed by atoms with Gasteiger partial charge in [0.25, 0.3) is 0 Å². The Morgan fingerprint density at radius 1 is 1.19 bits per heavy atom. The molecule has 1 fully saturated rings. The Kier molecular flexibility index (Phi) is 4.10. The molecule has 0 saturated carbocycles. The SMILES string of the molecule is C[C@H]1CN(C)c2c(N3CCN(C)CC3)c(F)cc3c(=O)c(C(=O)O)cn1c23. The maximum Gasteiger partial charge on any atom is 0.341 e. The zero-order chi connectivity index (χ0) is 19.5. The number of benzene rings is 1. The topological polar surface area (TPSA) is 69.0 Å². The number of hydrogen-bond acceptors (Lipinski definition) is 5. The molecule has 0 aliphatic carbocycles. The van der Waals surface area contributed by atoms with Gasteiger partial charge in [-0.1, -0.05) is 0 Å². The second-order valence-electron chi connectivity index (χ2n) is 7.56. The molecule has 4 rings (SSSR count). The van der Waals surface area contributed by atoms with Gasteiger partial charge in [-0.3, -0.25) is 4.79 Å². The fraction of sp³-hybridized carbons (Fsp3) is 0.474. The van der Waals surface area contributed by atoms with Gasteiger partial charge in [-0.25, -0.2) is 9.18 Å². The van der Waals surface area contributed by atoms with Crippen molar-refractivity contribution in [3.8, 4) is 0 Å². The molecule has 7 nitrogen and oxygen atoms in total. The number of pyridine rings is 1. The van der Waals surface area contributed by atoms with Crippen LogP contribution in [0.5, 0.6) is 0 Å². The van der Waals surface area contributed by atoms with Crippen molar-refractivity contribution in [2.45, 2.75) is 13.0 Å². The lowest BCUT2D eigenvalue weighted by atomic mass is 10.0. The summed E-state index contributed by atoms with van der Waals surface area (Å²) in [4.78, 5) is 30.4. The summed E-state index contributed by atoms with van der Waals surface area (Å²) < 4.78 is 17.0. The first-order valence-electron chi connectivity index (χ1n) is 9.09. The first-order valence-corrected chi connectivity index (χ1v) is 9.09. The third-order valence-corrected chi connectivity index (χ3v) is 5.66. The molecule has 1 aromatic carbocycles. The monoisotopic (exact) mass is 374 g/mol. The van der Waals surface area contributed by atoms with Gasteiger partial charge in [0.05, 0.1) is 22.3 Å². The predicted molar refractivity (Wildman–Crippen MR) is 103 cm³/mol. The van der Waals surface area contributed by atoms with Crippen LogP contribution in [0.2, 0.25) is 0 Å². The molecule has 1 atom stereocenters. The summed E-state index contributed by atoms with van der Waals surface area (Å²) >= 11 is 0. The highest BCUT2D eigenvalue weighted by molar-refractivity contribution is 6.02. The van der Waals surface area contributed by atoms with Gasteiger partial charge in [0, 0.05) is 52.0 Å². The van der Waals surface area contributed by atoms with E-state index in [-0.39, 0.29) is 17.0 Å². The lowest BCUT2D eigenvalue weighted by Crippen LogP contribution is -2.46. The number of aromatic nitrogens is 1. The number of rotatable bonds is 2. The van der Waals surface area contributed by atoms with Crippen molar-refractivity contribution in [3.63, 3.8) is 0 Å². The molecule has 0 bridgehead atoms. The van der Waals surface area contributed by atoms with Gasteiger partial charge in [-0.2, -0.15) is 0 Å². The van der Waals surface area contributed by atoms with Crippen molar-refractivity contribution in [2.24, 2.45) is 0 Å². The molecule has 2 aliphatic heterocycles. The number of nitrogens with zero attached hydrogens (tertiary/aromatic N) is 4. The van der Waals surface area contributed by atoms with E-state index < -0.39 is 17.2 Å². The number of halogens is 1. The Morgan fingerprint density at radius 2 is 1.85 bits per heavy atom. The molecule has 0 spiro atoms. The van der Waals surface area contributed by atoms with E-state index in [9.17, 15) is 14.7 Å². The molecule has 2 aromatic rings. The van der Waals surface area contributed by atoms with Crippen LogP contribution >= 0.6 is 0 Å². The van der Waals surface area contributed by atoms with Gasteiger partial charge in [-0.05, 0) is 20.0 Å². The summed E-state index contributed by atoms with van der Waals surface area (Å²) in [5.74, 6) is -1.77. The Morgan fingerprint density at radius 3 is 2.48 bits per heavy atom. The van der Waals surface area contributed by atoms with E-state index in [1.54, 1.807) is 0 Å². The average Bonchev–Trinajstić information content (AvgIpc) is 2.61. The fourth-order valence-corrected chi connectivity index (χ4v) is 4.23. The van der Waals surface area contributed by atoms with Crippen molar-refractivity contribution >= 4 is 28.2 Å². The van der Waals surface area contributed by atoms with Crippen LogP contribution < -0.4 is 15.2 Å². The van der Waals surface area contributed by atoms with Gasteiger partial charge < -0.3 is 24.4 Å². The predicted octanol–water partition coefficient (Wildman–Crippen LogP) is 1.60. The Labute approximate surface area is 156 Å². The molecule has 3 heterocycles. The first-order chi connectivity index (χ1) is 12.8. The molecule has 1 saturated heterocycles. The highest BCUT2D eigenvalue weighted by Gasteiger charge is 2.31. The Bertz CT molecular complexity index is 995. The van der Waals surface area contributed by atoms with Gasteiger partial charge in [0.2, 0.25) is 5.43 Å². The van der Waals surface area contributed by atoms with Gasteiger partial charge in [0.1, 0.15) is 11.4 Å². The smallest absolute Gasteiger partial charge is 0.341 e. The zero-order valence-electron chi connectivity index (χ0n) is 15.7. The summed E-state index contributed by atoms with van der Waals surface area (Å²) in [5, 5.41) is 9.52. The van der Waals surface area contributed by atoms with E-state index in [2.05, 4.69) is 4.90 Å². The zero-order valence-corrected chi connectivity index (χ0v) is 15.7. The number of hydrogen-bond donors (Lipinski definition) is 1. The van der Waals surface area contributed by atoms with Crippen LogP contribution in [-0.2, 0) is 0 Å². The summed E-state index contributed by atoms with van der Waals surface area (Å²) in [6.07, 6.45) is 1.40. The molecule has 1 aromatic heterocycles. The number of carboxylic acids is 1. The maximum atomic E-state index is 15.2. The van der Waals surface area contributed by atoms with Crippen LogP contribution in [0, 0.1) is 5.82 Å². The van der Waals surface area contributed by atoms with Gasteiger partial charge >= 0.3 is 5.97 Å². The molecule has 8 heteroatoms. The van der Waals surface area contributed by atoms with Crippen molar-refractivity contribution in [1.29, 1.82) is 0 Å². The number of likely N-dealkylation sites (N-methyl/N-ethyl adjacent to an activating group) is 2. The minimum Gasteiger partial charge on any atom is -0.477 e. The van der Waals surface area contributed by atoms with Crippen molar-refractivity contribution in [2.75, 3.05) is 56.6 Å². The molecule has 1 N–H and O–H groups in total. The lowest BCUT2D eigenvalue weighted by molar-refractivity contribution is 0.0694. The summed E-state index contributed by atoms with van der Waals surface area (Å²) in [6.45, 7) is 5.64. The highest BCUT2D eigenvalue weighted by Crippen LogP contribution is 2.42. The number of carbonyl (C=O) groups is 1. The molecular formula is C19H23FN4O3. The number of aromatic carboxylic acids is 1. The molecular weight excluding hydrogens is 351 g/mol. The van der Waals surface area contributed by atoms with E-state index in [0.717, 1.165) is 13.1 Å². The van der Waals surface area contributed by atoms with Crippen molar-refractivity contribution < 1.29 is 14.3 Å². The van der Waals surface area contributed by atoms with E-state index in [4.69, 9.17) is 0 Å². The van der Waals surface area contributed by atoms with Crippen LogP contribution in [0.4, 0.5) is 15.8 Å². The van der Waals surface area contributed by atoms with Crippen molar-refractivity contribution in [1.82, 2.24) is 9.47 Å². The summed E-state index contributed by atoms with van der Waals surface area (Å²) in [6, 6.07) is 1.18. The van der Waals surface area contributed by atoms with E-state index in [1.807, 2.05) is 35.4 Å². The molecule has 0 unspecified atom stereocenters. The number of carboxylic acid groups (broad SMARTS) is 1. The van der Waals surface area contributed by atoms with E-state index in [0.29, 0.717) is 36.5 Å². The molecule has 27 heavy (non-hydrogen) atoms. The standard InChI is InChI=1S/C19H23FN4O3/c1-11-9-22(3)17-15-12(18(25)13(19(26)27)10-24(11)15)8-14(20)16(17)23-6-4-21(2)5-7-23/h8,10-11H,4-7,9H2,1-3H3,(H,26,27)/t11-/m0/s1. The third-order valence-electron chi connectivity index (χ3n) is 5.66. The maximum absolute atomic E-state index is 15.2. The first kappa shape index (κ1) is 17.8. The molecule has 0 radical (unpaired) electrons. The normalized spacial score (nSPS) is 20.4. The van der Waals surface area contributed by atoms with Crippen LogP contribution in [0.15, 0.2) is 17.1 Å². The second-order valence-corrected chi connectivity index (χ2v) is 7.56. The molecule has 0 amide bonds. The summed E-state index contributed by atoms with van der Waals surface area (Å²) in [7, 11) is 3.93. The Hall–Kier alpha value is -2.61. The second kappa shape index (κ2) is 6.23. The average molecular weight is 374 g/mol. The minimum absolute atomic E-state index is 0.0329. The van der Waals surface area contributed by atoms with E-state index in [1.165, 1.54) is 12.3 Å². The number of piperazine rings is 1. The van der Waals surface area contributed by atoms with Crippen LogP contribution in [0.3, 0.4) is 0 Å². The molecule has 144 valence electrons. The summed E-state index contributed by atoms with van der Waals surface area (Å²) in [5.41, 5.74) is 0.822. The minimum atomic E-state index is -1.29. The fourth-order valence-electron chi connectivity index (χ4n) is 4.23. The highest BCUT2D eigenvalue weighted by atomic mass is 19.1. The van der Waals surface area contributed by atoms with Crippen molar-refractivity contribution in [3.05, 3.63) is 33.9 Å². The van der Waals surface area contributed by atoms with Crippen LogP contribution in [0.25, 0.3) is 10.9 Å². The largest absolute Gasteiger partial charge is 0.477 e. The van der Waals surface area contributed by atoms with Crippen LogP contribution in [0.1, 0.15) is 23.3 Å². The lowest BCUT2D eigenvalue weighted by Gasteiger charge is -2.40. The van der Waals surface area contributed by atoms with E-state index >= 15 is 4.39 Å². The molecule has 2 aliphatic rings. The quantitative estimate of drug-likeness (QED) is 0.861. The van der Waals surface area contributed by atoms with Gasteiger partial charge in [-0.15, -0.1) is 0 Å².